The van der Waals surface area contributed by atoms with Crippen LogP contribution >= 0.6 is 22.6 Å². The van der Waals surface area contributed by atoms with Gasteiger partial charge >= 0.3 is 0 Å². The van der Waals surface area contributed by atoms with Crippen LogP contribution in [0.2, 0.25) is 0 Å². The van der Waals surface area contributed by atoms with Crippen LogP contribution in [0.4, 0.5) is 5.69 Å². The number of anilines is 1. The van der Waals surface area contributed by atoms with Gasteiger partial charge in [-0.1, -0.05) is 6.92 Å². The van der Waals surface area contributed by atoms with E-state index in [0.717, 1.165) is 34.2 Å². The number of aromatic amines is 1. The molecule has 0 spiro atoms. The number of hydrogen-bond donors (Lipinski definition) is 3. The van der Waals surface area contributed by atoms with Gasteiger partial charge in [0, 0.05) is 37.5 Å². The van der Waals surface area contributed by atoms with Gasteiger partial charge in [0.1, 0.15) is 0 Å². The molecule has 4 nitrogen and oxygen atoms in total. The molecule has 3 N–H and O–H groups in total. The second-order valence-electron chi connectivity index (χ2n) is 6.80. The third-order valence-corrected chi connectivity index (χ3v) is 5.76. The molecule has 1 aliphatic rings. The highest BCUT2D eigenvalue weighted by molar-refractivity contribution is 14.1. The molecule has 0 radical (unpaired) electrons. The zero-order valence-electron chi connectivity index (χ0n) is 14.7. The Labute approximate surface area is 166 Å². The van der Waals surface area contributed by atoms with Crippen molar-refractivity contribution in [2.45, 2.75) is 32.2 Å². The van der Waals surface area contributed by atoms with E-state index in [4.69, 9.17) is 0 Å². The van der Waals surface area contributed by atoms with E-state index < -0.39 is 0 Å². The average molecular weight is 459 g/mol. The highest BCUT2D eigenvalue weighted by Crippen LogP contribution is 2.31. The minimum atomic E-state index is -0.0734. The quantitative estimate of drug-likeness (QED) is 0.504. The summed E-state index contributed by atoms with van der Waals surface area (Å²) in [7, 11) is 0. The number of carbonyl (C=O) groups excluding carboxylic acids is 1. The van der Waals surface area contributed by atoms with E-state index in [1.807, 2.05) is 30.3 Å². The highest BCUT2D eigenvalue weighted by atomic mass is 127. The van der Waals surface area contributed by atoms with Crippen LogP contribution in [0.1, 0.15) is 35.0 Å². The lowest BCUT2D eigenvalue weighted by atomic mass is 9.91. The maximum Gasteiger partial charge on any atom is 0.255 e. The Morgan fingerprint density at radius 1 is 1.23 bits per heavy atom. The molecule has 0 saturated carbocycles. The molecule has 1 heterocycles. The number of rotatable bonds is 4. The molecule has 2 aromatic carbocycles. The molecule has 1 unspecified atom stereocenters. The molecule has 1 aromatic heterocycles. The second kappa shape index (κ2) is 7.40. The third-order valence-electron chi connectivity index (χ3n) is 5.04. The van der Waals surface area contributed by atoms with Crippen LogP contribution in [0.5, 0.6) is 0 Å². The topological polar surface area (TPSA) is 56.9 Å². The number of H-pyrrole nitrogens is 1. The summed E-state index contributed by atoms with van der Waals surface area (Å²) in [5.41, 5.74) is 5.40. The molecule has 26 heavy (non-hydrogen) atoms. The van der Waals surface area contributed by atoms with Crippen LogP contribution in [-0.2, 0) is 12.8 Å². The van der Waals surface area contributed by atoms with Gasteiger partial charge in [-0.3, -0.25) is 4.79 Å². The molecule has 1 atom stereocenters. The molecule has 0 fully saturated rings. The molecule has 5 heteroatoms. The largest absolute Gasteiger partial charge is 0.358 e. The first-order valence-electron chi connectivity index (χ1n) is 9.08. The van der Waals surface area contributed by atoms with Gasteiger partial charge in [-0.25, -0.2) is 0 Å². The van der Waals surface area contributed by atoms with E-state index in [1.165, 1.54) is 23.1 Å². The Morgan fingerprint density at radius 3 is 2.81 bits per heavy atom. The van der Waals surface area contributed by atoms with Crippen LogP contribution in [0, 0.1) is 3.57 Å². The number of aryl methyl sites for hydroxylation is 1. The number of hydrogen-bond acceptors (Lipinski definition) is 2. The van der Waals surface area contributed by atoms with Gasteiger partial charge < -0.3 is 15.6 Å². The predicted octanol–water partition coefficient (Wildman–Crippen LogP) is 4.49. The fourth-order valence-electron chi connectivity index (χ4n) is 3.76. The first-order chi connectivity index (χ1) is 12.6. The Hall–Kier alpha value is -1.86. The average Bonchev–Trinajstić information content (AvgIpc) is 3.00. The van der Waals surface area contributed by atoms with Crippen molar-refractivity contribution in [1.29, 1.82) is 0 Å². The normalized spacial score (nSPS) is 16.5. The molecular formula is C21H22IN3O. The summed E-state index contributed by atoms with van der Waals surface area (Å²) < 4.78 is 1.12. The number of aromatic nitrogens is 1. The standard InChI is InChI=1S/C21H22IN3O/c1-2-23-15-7-9-19-17(11-15)18-12-16(8-10-20(18)25-19)24-21(26)13-3-5-14(22)6-4-13/h3-6,8,10,12,15,23,25H,2,7,9,11H2,1H3,(H,24,26). The van der Waals surface area contributed by atoms with E-state index in [-0.39, 0.29) is 5.91 Å². The Balaban J connectivity index is 1.60. The predicted molar refractivity (Wildman–Crippen MR) is 115 cm³/mol. The van der Waals surface area contributed by atoms with Crippen molar-refractivity contribution in [3.8, 4) is 0 Å². The van der Waals surface area contributed by atoms with Crippen molar-refractivity contribution in [1.82, 2.24) is 10.3 Å². The fraction of sp³-hybridized carbons (Fsp3) is 0.286. The van der Waals surface area contributed by atoms with Gasteiger partial charge in [0.2, 0.25) is 0 Å². The summed E-state index contributed by atoms with van der Waals surface area (Å²) in [6.07, 6.45) is 3.29. The molecule has 134 valence electrons. The minimum absolute atomic E-state index is 0.0734. The van der Waals surface area contributed by atoms with Crippen molar-refractivity contribution in [3.05, 3.63) is 62.9 Å². The van der Waals surface area contributed by atoms with Gasteiger partial charge in [-0.15, -0.1) is 0 Å². The van der Waals surface area contributed by atoms with Gasteiger partial charge in [-0.05, 0) is 96.4 Å². The van der Waals surface area contributed by atoms with Gasteiger partial charge in [-0.2, -0.15) is 0 Å². The lowest BCUT2D eigenvalue weighted by Crippen LogP contribution is -2.34. The molecular weight excluding hydrogens is 437 g/mol. The fourth-order valence-corrected chi connectivity index (χ4v) is 4.12. The zero-order valence-corrected chi connectivity index (χ0v) is 16.9. The number of benzene rings is 2. The van der Waals surface area contributed by atoms with Crippen molar-refractivity contribution in [2.24, 2.45) is 0 Å². The van der Waals surface area contributed by atoms with Crippen LogP contribution < -0.4 is 10.6 Å². The third kappa shape index (κ3) is 3.50. The number of halogens is 1. The Kier molecular flexibility index (Phi) is 5.00. The number of amides is 1. The van der Waals surface area contributed by atoms with Crippen molar-refractivity contribution in [2.75, 3.05) is 11.9 Å². The first kappa shape index (κ1) is 17.5. The summed E-state index contributed by atoms with van der Waals surface area (Å²) in [6, 6.07) is 14.3. The summed E-state index contributed by atoms with van der Waals surface area (Å²) >= 11 is 2.24. The molecule has 1 amide bonds. The van der Waals surface area contributed by atoms with E-state index in [0.29, 0.717) is 11.6 Å². The molecule has 0 bridgehead atoms. The van der Waals surface area contributed by atoms with E-state index >= 15 is 0 Å². The lowest BCUT2D eigenvalue weighted by Gasteiger charge is -2.23. The summed E-state index contributed by atoms with van der Waals surface area (Å²) in [4.78, 5) is 16.1. The van der Waals surface area contributed by atoms with Gasteiger partial charge in [0.05, 0.1) is 0 Å². The van der Waals surface area contributed by atoms with Crippen LogP contribution in [0.3, 0.4) is 0 Å². The maximum absolute atomic E-state index is 12.5. The van der Waals surface area contributed by atoms with Gasteiger partial charge in [0.15, 0.2) is 0 Å². The molecule has 1 aliphatic carbocycles. The highest BCUT2D eigenvalue weighted by Gasteiger charge is 2.22. The van der Waals surface area contributed by atoms with Gasteiger partial charge in [0.25, 0.3) is 5.91 Å². The Morgan fingerprint density at radius 2 is 2.04 bits per heavy atom. The monoisotopic (exact) mass is 459 g/mol. The Bertz CT molecular complexity index is 946. The second-order valence-corrected chi connectivity index (χ2v) is 8.05. The smallest absolute Gasteiger partial charge is 0.255 e. The SMILES string of the molecule is CCNC1CCc2[nH]c3ccc(NC(=O)c4ccc(I)cc4)cc3c2C1. The summed E-state index contributed by atoms with van der Waals surface area (Å²) in [5, 5.41) is 7.83. The van der Waals surface area contributed by atoms with E-state index in [9.17, 15) is 4.79 Å². The summed E-state index contributed by atoms with van der Waals surface area (Å²) in [6.45, 7) is 3.16. The number of carbonyl (C=O) groups is 1. The van der Waals surface area contributed by atoms with Crippen molar-refractivity contribution >= 4 is 45.1 Å². The number of nitrogens with one attached hydrogen (secondary N) is 3. The molecule has 0 aliphatic heterocycles. The number of likely N-dealkylation sites (N-methyl/N-ethyl adjacent to an activating group) is 1. The van der Waals surface area contributed by atoms with Crippen molar-refractivity contribution < 1.29 is 4.79 Å². The van der Waals surface area contributed by atoms with Crippen LogP contribution in [-0.4, -0.2) is 23.5 Å². The van der Waals surface area contributed by atoms with E-state index in [2.05, 4.69) is 57.3 Å². The number of fused-ring (bicyclic) bond motifs is 3. The summed E-state index contributed by atoms with van der Waals surface area (Å²) in [5.74, 6) is -0.0734. The first-order valence-corrected chi connectivity index (χ1v) is 10.2. The van der Waals surface area contributed by atoms with Crippen LogP contribution in [0.15, 0.2) is 42.5 Å². The minimum Gasteiger partial charge on any atom is -0.358 e. The maximum atomic E-state index is 12.5. The lowest BCUT2D eigenvalue weighted by molar-refractivity contribution is 0.102. The van der Waals surface area contributed by atoms with Crippen LogP contribution in [0.25, 0.3) is 10.9 Å². The van der Waals surface area contributed by atoms with E-state index in [1.54, 1.807) is 0 Å². The molecule has 0 saturated heterocycles. The zero-order chi connectivity index (χ0) is 18.1. The molecule has 3 aromatic rings. The van der Waals surface area contributed by atoms with Crippen molar-refractivity contribution in [3.63, 3.8) is 0 Å². The molecule has 4 rings (SSSR count).